The van der Waals surface area contributed by atoms with Crippen molar-refractivity contribution in [1.29, 1.82) is 0 Å². The second-order valence-corrected chi connectivity index (χ2v) is 6.65. The number of ether oxygens (including phenoxy) is 1. The van der Waals surface area contributed by atoms with Crippen molar-refractivity contribution < 1.29 is 9.53 Å². The van der Waals surface area contributed by atoms with Crippen LogP contribution < -0.4 is 10.1 Å². The van der Waals surface area contributed by atoms with Gasteiger partial charge in [-0.05, 0) is 52.1 Å². The van der Waals surface area contributed by atoms with Crippen LogP contribution >= 0.6 is 0 Å². The van der Waals surface area contributed by atoms with Gasteiger partial charge in [0.05, 0.1) is 7.11 Å². The van der Waals surface area contributed by atoms with Crippen LogP contribution in [0.15, 0.2) is 60.7 Å². The van der Waals surface area contributed by atoms with Crippen molar-refractivity contribution in [2.24, 2.45) is 0 Å². The van der Waals surface area contributed by atoms with E-state index in [1.807, 2.05) is 35.2 Å². The Morgan fingerprint density at radius 3 is 2.65 bits per heavy atom. The Labute approximate surface area is 153 Å². The van der Waals surface area contributed by atoms with Gasteiger partial charge < -0.3 is 15.0 Å². The average Bonchev–Trinajstić information content (AvgIpc) is 2.71. The molecule has 3 aromatic carbocycles. The minimum absolute atomic E-state index is 0.00525. The van der Waals surface area contributed by atoms with Gasteiger partial charge in [0.25, 0.3) is 0 Å². The number of nitrogens with zero attached hydrogens (tertiary/aromatic N) is 1. The molecule has 0 atom stereocenters. The highest BCUT2D eigenvalue weighted by Gasteiger charge is 2.19. The molecule has 0 fully saturated rings. The van der Waals surface area contributed by atoms with Crippen molar-refractivity contribution in [3.63, 3.8) is 0 Å². The number of rotatable bonds is 3. The van der Waals surface area contributed by atoms with E-state index in [1.54, 1.807) is 7.11 Å². The molecule has 4 rings (SSSR count). The predicted octanol–water partition coefficient (Wildman–Crippen LogP) is 4.12. The maximum absolute atomic E-state index is 12.5. The standard InChI is InChI=1S/C22H22N2O2/c1-26-21-9-8-18-12-16(6-7-19(18)13-21)14-23-22(25)24-11-10-17-4-2-3-5-20(17)15-24/h2-9,12-13H,10-11,14-15H2,1H3,(H,23,25). The lowest BCUT2D eigenvalue weighted by Gasteiger charge is -2.29. The van der Waals surface area contributed by atoms with E-state index >= 15 is 0 Å². The number of nitrogens with one attached hydrogen (secondary N) is 1. The number of amides is 2. The Bertz CT molecular complexity index is 952. The number of carbonyl (C=O) groups excluding carboxylic acids is 1. The predicted molar refractivity (Wildman–Crippen MR) is 103 cm³/mol. The summed E-state index contributed by atoms with van der Waals surface area (Å²) in [5.41, 5.74) is 3.68. The summed E-state index contributed by atoms with van der Waals surface area (Å²) in [6.07, 6.45) is 0.918. The van der Waals surface area contributed by atoms with E-state index in [2.05, 4.69) is 35.6 Å². The van der Waals surface area contributed by atoms with Crippen molar-refractivity contribution in [2.75, 3.05) is 13.7 Å². The van der Waals surface area contributed by atoms with Crippen LogP contribution in [0.1, 0.15) is 16.7 Å². The molecule has 3 aromatic rings. The summed E-state index contributed by atoms with van der Waals surface area (Å²) in [6, 6.07) is 20.6. The molecule has 1 N–H and O–H groups in total. The third-order valence-electron chi connectivity index (χ3n) is 4.97. The monoisotopic (exact) mass is 346 g/mol. The van der Waals surface area contributed by atoms with Crippen molar-refractivity contribution in [3.8, 4) is 5.75 Å². The first-order chi connectivity index (χ1) is 12.7. The van der Waals surface area contributed by atoms with Gasteiger partial charge in [-0.2, -0.15) is 0 Å². The van der Waals surface area contributed by atoms with Gasteiger partial charge in [-0.15, -0.1) is 0 Å². The van der Waals surface area contributed by atoms with E-state index in [0.29, 0.717) is 13.1 Å². The van der Waals surface area contributed by atoms with Gasteiger partial charge in [-0.3, -0.25) is 0 Å². The highest BCUT2D eigenvalue weighted by molar-refractivity contribution is 5.84. The third-order valence-corrected chi connectivity index (χ3v) is 4.97. The normalized spacial score (nSPS) is 13.3. The largest absolute Gasteiger partial charge is 0.497 e. The molecule has 0 saturated heterocycles. The molecule has 1 aliphatic heterocycles. The zero-order chi connectivity index (χ0) is 17.9. The lowest BCUT2D eigenvalue weighted by atomic mass is 10.0. The Morgan fingerprint density at radius 1 is 1.04 bits per heavy atom. The fourth-order valence-corrected chi connectivity index (χ4v) is 3.47. The first-order valence-electron chi connectivity index (χ1n) is 8.89. The van der Waals surface area contributed by atoms with Crippen molar-refractivity contribution in [2.45, 2.75) is 19.5 Å². The minimum atomic E-state index is -0.00525. The molecule has 0 aromatic heterocycles. The van der Waals surface area contributed by atoms with Gasteiger partial charge in [0.15, 0.2) is 0 Å². The van der Waals surface area contributed by atoms with Gasteiger partial charge in [-0.1, -0.05) is 42.5 Å². The van der Waals surface area contributed by atoms with E-state index < -0.39 is 0 Å². The smallest absolute Gasteiger partial charge is 0.317 e. The lowest BCUT2D eigenvalue weighted by Crippen LogP contribution is -2.42. The summed E-state index contributed by atoms with van der Waals surface area (Å²) < 4.78 is 5.26. The Morgan fingerprint density at radius 2 is 1.81 bits per heavy atom. The first kappa shape index (κ1) is 16.5. The third kappa shape index (κ3) is 3.36. The number of benzene rings is 3. The molecule has 0 unspecified atom stereocenters. The Hall–Kier alpha value is -3.01. The van der Waals surface area contributed by atoms with Crippen LogP contribution in [0.2, 0.25) is 0 Å². The molecule has 4 heteroatoms. The molecular weight excluding hydrogens is 324 g/mol. The lowest BCUT2D eigenvalue weighted by molar-refractivity contribution is 0.192. The summed E-state index contributed by atoms with van der Waals surface area (Å²) in [5, 5.41) is 5.32. The average molecular weight is 346 g/mol. The molecule has 26 heavy (non-hydrogen) atoms. The maximum atomic E-state index is 12.5. The highest BCUT2D eigenvalue weighted by Crippen LogP contribution is 2.22. The number of urea groups is 1. The van der Waals surface area contributed by atoms with Gasteiger partial charge in [0, 0.05) is 19.6 Å². The molecule has 2 amide bonds. The number of carbonyl (C=O) groups is 1. The van der Waals surface area contributed by atoms with Crippen LogP contribution in [0.25, 0.3) is 10.8 Å². The van der Waals surface area contributed by atoms with Gasteiger partial charge >= 0.3 is 6.03 Å². The molecule has 1 heterocycles. The fourth-order valence-electron chi connectivity index (χ4n) is 3.47. The van der Waals surface area contributed by atoms with Crippen molar-refractivity contribution in [1.82, 2.24) is 10.2 Å². The Balaban J connectivity index is 1.41. The number of hydrogen-bond donors (Lipinski definition) is 1. The molecular formula is C22H22N2O2. The molecule has 0 bridgehead atoms. The van der Waals surface area contributed by atoms with Gasteiger partial charge in [-0.25, -0.2) is 4.79 Å². The SMILES string of the molecule is COc1ccc2cc(CNC(=O)N3CCc4ccccc4C3)ccc2c1. The molecule has 4 nitrogen and oxygen atoms in total. The quantitative estimate of drug-likeness (QED) is 0.775. The zero-order valence-corrected chi connectivity index (χ0v) is 14.9. The summed E-state index contributed by atoms with van der Waals surface area (Å²) in [4.78, 5) is 14.4. The van der Waals surface area contributed by atoms with Gasteiger partial charge in [0.2, 0.25) is 0 Å². The summed E-state index contributed by atoms with van der Waals surface area (Å²) >= 11 is 0. The second-order valence-electron chi connectivity index (χ2n) is 6.65. The maximum Gasteiger partial charge on any atom is 0.317 e. The van der Waals surface area contributed by atoms with Crippen LogP contribution in [0, 0.1) is 0 Å². The van der Waals surface area contributed by atoms with E-state index in [0.717, 1.165) is 35.1 Å². The summed E-state index contributed by atoms with van der Waals surface area (Å²) in [6.45, 7) is 1.97. The molecule has 132 valence electrons. The van der Waals surface area contributed by atoms with Crippen LogP contribution in [-0.2, 0) is 19.5 Å². The summed E-state index contributed by atoms with van der Waals surface area (Å²) in [7, 11) is 1.67. The molecule has 0 saturated carbocycles. The first-order valence-corrected chi connectivity index (χ1v) is 8.89. The fraction of sp³-hybridized carbons (Fsp3) is 0.227. The van der Waals surface area contributed by atoms with E-state index in [9.17, 15) is 4.79 Å². The van der Waals surface area contributed by atoms with E-state index in [1.165, 1.54) is 11.1 Å². The Kier molecular flexibility index (Phi) is 4.48. The number of hydrogen-bond acceptors (Lipinski definition) is 2. The van der Waals surface area contributed by atoms with Crippen molar-refractivity contribution in [3.05, 3.63) is 77.4 Å². The van der Waals surface area contributed by atoms with Crippen molar-refractivity contribution >= 4 is 16.8 Å². The molecule has 0 spiro atoms. The van der Waals surface area contributed by atoms with Crippen LogP contribution in [0.5, 0.6) is 5.75 Å². The van der Waals surface area contributed by atoms with Gasteiger partial charge in [0.1, 0.15) is 5.75 Å². The minimum Gasteiger partial charge on any atom is -0.497 e. The zero-order valence-electron chi connectivity index (χ0n) is 14.9. The topological polar surface area (TPSA) is 41.6 Å². The molecule has 0 aliphatic carbocycles. The second kappa shape index (κ2) is 7.08. The van der Waals surface area contributed by atoms with Crippen LogP contribution in [-0.4, -0.2) is 24.6 Å². The van der Waals surface area contributed by atoms with E-state index in [4.69, 9.17) is 4.74 Å². The molecule has 0 radical (unpaired) electrons. The number of fused-ring (bicyclic) bond motifs is 2. The summed E-state index contributed by atoms with van der Waals surface area (Å²) in [5.74, 6) is 0.851. The van der Waals surface area contributed by atoms with E-state index in [-0.39, 0.29) is 6.03 Å². The highest BCUT2D eigenvalue weighted by atomic mass is 16.5. The number of methoxy groups -OCH3 is 1. The van der Waals surface area contributed by atoms with Crippen LogP contribution in [0.4, 0.5) is 4.79 Å². The molecule has 1 aliphatic rings. The van der Waals surface area contributed by atoms with Crippen LogP contribution in [0.3, 0.4) is 0 Å².